The summed E-state index contributed by atoms with van der Waals surface area (Å²) in [5.74, 6) is -0.772. The smallest absolute Gasteiger partial charge is 0.352 e. The van der Waals surface area contributed by atoms with Gasteiger partial charge >= 0.3 is 12.2 Å². The van der Waals surface area contributed by atoms with Crippen LogP contribution in [0.2, 0.25) is 0 Å². The highest BCUT2D eigenvalue weighted by atomic mass is 19.4. The van der Waals surface area contributed by atoms with Gasteiger partial charge in [-0.15, -0.1) is 0 Å². The molecule has 2 aliphatic heterocycles. The maximum atomic E-state index is 13.8. The Labute approximate surface area is 209 Å². The van der Waals surface area contributed by atoms with Crippen molar-refractivity contribution in [1.82, 2.24) is 20.4 Å². The second-order valence-corrected chi connectivity index (χ2v) is 10.1. The summed E-state index contributed by atoms with van der Waals surface area (Å²) < 4.78 is 39.2. The predicted octanol–water partition coefficient (Wildman–Crippen LogP) is 4.36. The first kappa shape index (κ1) is 26.0. The Morgan fingerprint density at radius 3 is 2.31 bits per heavy atom. The lowest BCUT2D eigenvalue weighted by Crippen LogP contribution is -2.53. The first-order valence-electron chi connectivity index (χ1n) is 12.6. The van der Waals surface area contributed by atoms with E-state index < -0.39 is 29.9 Å². The van der Waals surface area contributed by atoms with E-state index in [-0.39, 0.29) is 30.3 Å². The number of hydrogen-bond acceptors (Lipinski definition) is 3. The number of rotatable bonds is 6. The van der Waals surface area contributed by atoms with E-state index in [9.17, 15) is 27.6 Å². The molecule has 4 rings (SSSR count). The number of benzene rings is 1. The number of halogens is 3. The summed E-state index contributed by atoms with van der Waals surface area (Å²) in [5.41, 5.74) is 0.360. The fraction of sp³-hybridized carbons (Fsp3) is 0.577. The van der Waals surface area contributed by atoms with Gasteiger partial charge in [-0.25, -0.2) is 4.79 Å². The summed E-state index contributed by atoms with van der Waals surface area (Å²) in [6.45, 7) is 5.94. The number of nitrogens with zero attached hydrogens (tertiary/aromatic N) is 2. The highest BCUT2D eigenvalue weighted by molar-refractivity contribution is 6.03. The maximum absolute atomic E-state index is 13.8. The van der Waals surface area contributed by atoms with Crippen molar-refractivity contribution in [2.24, 2.45) is 5.92 Å². The summed E-state index contributed by atoms with van der Waals surface area (Å²) >= 11 is 0. The molecule has 0 spiro atoms. The minimum Gasteiger partial charge on any atom is -0.352 e. The van der Waals surface area contributed by atoms with E-state index in [1.165, 1.54) is 21.9 Å². The Morgan fingerprint density at radius 2 is 1.75 bits per heavy atom. The van der Waals surface area contributed by atoms with Gasteiger partial charge < -0.3 is 15.5 Å². The summed E-state index contributed by atoms with van der Waals surface area (Å²) in [6, 6.07) is 2.49. The third-order valence-corrected chi connectivity index (χ3v) is 7.32. The van der Waals surface area contributed by atoms with Gasteiger partial charge in [0, 0.05) is 12.6 Å². The molecule has 1 aliphatic carbocycles. The summed E-state index contributed by atoms with van der Waals surface area (Å²) in [4.78, 5) is 43.0. The summed E-state index contributed by atoms with van der Waals surface area (Å²) in [6.07, 6.45) is 0.608. The van der Waals surface area contributed by atoms with Gasteiger partial charge in [-0.2, -0.15) is 13.2 Å². The molecule has 1 aromatic rings. The van der Waals surface area contributed by atoms with Crippen LogP contribution in [0.15, 0.2) is 35.5 Å². The van der Waals surface area contributed by atoms with Gasteiger partial charge in [-0.1, -0.05) is 45.2 Å². The topological polar surface area (TPSA) is 81.8 Å². The average Bonchev–Trinajstić information content (AvgIpc) is 3.15. The number of carbonyl (C=O) groups is 3. The second kappa shape index (κ2) is 10.1. The van der Waals surface area contributed by atoms with Gasteiger partial charge in [-0.3, -0.25) is 14.5 Å². The first-order chi connectivity index (χ1) is 17.0. The Morgan fingerprint density at radius 1 is 1.11 bits per heavy atom. The minimum atomic E-state index is -4.49. The van der Waals surface area contributed by atoms with Crippen LogP contribution in [0.3, 0.4) is 0 Å². The van der Waals surface area contributed by atoms with E-state index in [0.717, 1.165) is 44.2 Å². The normalized spacial score (nSPS) is 22.1. The van der Waals surface area contributed by atoms with Crippen LogP contribution in [0, 0.1) is 5.92 Å². The van der Waals surface area contributed by atoms with E-state index in [0.29, 0.717) is 23.4 Å². The third kappa shape index (κ3) is 4.95. The summed E-state index contributed by atoms with van der Waals surface area (Å²) in [7, 11) is 0. The molecule has 36 heavy (non-hydrogen) atoms. The van der Waals surface area contributed by atoms with Gasteiger partial charge in [0.1, 0.15) is 6.04 Å². The van der Waals surface area contributed by atoms with Gasteiger partial charge in [0.05, 0.1) is 29.4 Å². The molecule has 196 valence electrons. The van der Waals surface area contributed by atoms with Crippen molar-refractivity contribution in [3.05, 3.63) is 46.7 Å². The van der Waals surface area contributed by atoms with Crippen LogP contribution < -0.4 is 10.6 Å². The molecular weight excluding hydrogens is 473 g/mol. The zero-order valence-corrected chi connectivity index (χ0v) is 20.8. The van der Waals surface area contributed by atoms with Gasteiger partial charge in [0.25, 0.3) is 5.91 Å². The molecule has 4 amide bonds. The number of nitrogens with one attached hydrogen (secondary N) is 2. The second-order valence-electron chi connectivity index (χ2n) is 10.1. The van der Waals surface area contributed by atoms with Crippen molar-refractivity contribution >= 4 is 17.8 Å². The molecule has 1 fully saturated rings. The van der Waals surface area contributed by atoms with Gasteiger partial charge in [0.15, 0.2) is 0 Å². The quantitative estimate of drug-likeness (QED) is 0.602. The van der Waals surface area contributed by atoms with E-state index in [1.54, 1.807) is 6.92 Å². The molecule has 1 aromatic carbocycles. The Balaban J connectivity index is 1.64. The van der Waals surface area contributed by atoms with E-state index in [2.05, 4.69) is 10.6 Å². The Kier molecular flexibility index (Phi) is 7.33. The summed E-state index contributed by atoms with van der Waals surface area (Å²) in [5, 5.41) is 5.90. The fourth-order valence-electron chi connectivity index (χ4n) is 5.52. The standard InChI is InChI=1S/C26H33F3N4O3/c1-4-32-19-14-33(22(15(2)3)23(34)30-18-8-6-5-7-9-18)24(35)20(19)21(31-25(32)36)16-10-12-17(13-11-16)26(27,28)29/h10-13,15,18,21-22H,4-9,14H2,1-3H3,(H,30,34)(H,31,36). The van der Waals surface area contributed by atoms with Crippen LogP contribution in [0.4, 0.5) is 18.0 Å². The van der Waals surface area contributed by atoms with E-state index >= 15 is 0 Å². The van der Waals surface area contributed by atoms with Crippen LogP contribution in [0.25, 0.3) is 0 Å². The number of alkyl halides is 3. The predicted molar refractivity (Wildman–Crippen MR) is 127 cm³/mol. The Hall–Kier alpha value is -3.04. The first-order valence-corrected chi connectivity index (χ1v) is 12.6. The minimum absolute atomic E-state index is 0.0862. The molecule has 2 unspecified atom stereocenters. The van der Waals surface area contributed by atoms with Crippen LogP contribution in [0.5, 0.6) is 0 Å². The van der Waals surface area contributed by atoms with E-state index in [4.69, 9.17) is 0 Å². The van der Waals surface area contributed by atoms with Crippen molar-refractivity contribution < 1.29 is 27.6 Å². The zero-order valence-electron chi connectivity index (χ0n) is 20.8. The molecule has 0 aromatic heterocycles. The van der Waals surface area contributed by atoms with Crippen molar-refractivity contribution in [3.8, 4) is 0 Å². The zero-order chi connectivity index (χ0) is 26.2. The van der Waals surface area contributed by atoms with Crippen LogP contribution >= 0.6 is 0 Å². The van der Waals surface area contributed by atoms with Crippen LogP contribution in [-0.2, 0) is 15.8 Å². The average molecular weight is 507 g/mol. The number of urea groups is 1. The molecule has 2 atom stereocenters. The number of amides is 4. The van der Waals surface area contributed by atoms with Crippen molar-refractivity contribution in [3.63, 3.8) is 0 Å². The third-order valence-electron chi connectivity index (χ3n) is 7.32. The van der Waals surface area contributed by atoms with E-state index in [1.807, 2.05) is 13.8 Å². The molecular formula is C26H33F3N4O3. The SMILES string of the molecule is CCN1C(=O)NC(c2ccc(C(F)(F)F)cc2)C2=C1CN(C(C(=O)NC1CCCCC1)C(C)C)C2=O. The van der Waals surface area contributed by atoms with Gasteiger partial charge in [0.2, 0.25) is 5.91 Å². The molecule has 0 bridgehead atoms. The molecule has 10 heteroatoms. The number of hydrogen-bond donors (Lipinski definition) is 2. The molecule has 0 radical (unpaired) electrons. The lowest BCUT2D eigenvalue weighted by molar-refractivity contribution is -0.138. The number of likely N-dealkylation sites (N-methyl/N-ethyl adjacent to an activating group) is 1. The van der Waals surface area contributed by atoms with Crippen molar-refractivity contribution in [1.29, 1.82) is 0 Å². The van der Waals surface area contributed by atoms with Crippen LogP contribution in [0.1, 0.15) is 70.0 Å². The Bertz CT molecular complexity index is 1050. The highest BCUT2D eigenvalue weighted by Gasteiger charge is 2.47. The molecule has 2 heterocycles. The largest absolute Gasteiger partial charge is 0.416 e. The monoisotopic (exact) mass is 506 g/mol. The maximum Gasteiger partial charge on any atom is 0.416 e. The molecule has 2 N–H and O–H groups in total. The molecule has 7 nitrogen and oxygen atoms in total. The fourth-order valence-corrected chi connectivity index (χ4v) is 5.52. The number of carbonyl (C=O) groups excluding carboxylic acids is 3. The molecule has 0 saturated heterocycles. The van der Waals surface area contributed by atoms with Crippen molar-refractivity contribution in [2.45, 2.75) is 77.2 Å². The lowest BCUT2D eigenvalue weighted by atomic mass is 9.93. The molecule has 3 aliphatic rings. The van der Waals surface area contributed by atoms with Crippen LogP contribution in [-0.4, -0.2) is 52.8 Å². The van der Waals surface area contributed by atoms with Crippen molar-refractivity contribution in [2.75, 3.05) is 13.1 Å². The highest BCUT2D eigenvalue weighted by Crippen LogP contribution is 2.39. The molecule has 1 saturated carbocycles. The lowest BCUT2D eigenvalue weighted by Gasteiger charge is -2.33. The van der Waals surface area contributed by atoms with Gasteiger partial charge in [-0.05, 0) is 43.4 Å².